The summed E-state index contributed by atoms with van der Waals surface area (Å²) >= 11 is 12.0. The van der Waals surface area contributed by atoms with E-state index in [1.54, 1.807) is 23.1 Å². The molecule has 2 saturated heterocycles. The summed E-state index contributed by atoms with van der Waals surface area (Å²) in [5.41, 5.74) is 0.886. The van der Waals surface area contributed by atoms with Crippen LogP contribution < -0.4 is 4.74 Å². The van der Waals surface area contributed by atoms with Gasteiger partial charge in [-0.25, -0.2) is 4.79 Å². The predicted molar refractivity (Wildman–Crippen MR) is 121 cm³/mol. The van der Waals surface area contributed by atoms with Gasteiger partial charge in [0.2, 0.25) is 5.91 Å². The number of nitrogens with zero attached hydrogens (tertiary/aromatic N) is 3. The van der Waals surface area contributed by atoms with Crippen LogP contribution in [0.25, 0.3) is 0 Å². The topological polar surface area (TPSA) is 53.1 Å². The molecule has 0 saturated carbocycles. The van der Waals surface area contributed by atoms with E-state index < -0.39 is 0 Å². The average molecular weight is 462 g/mol. The van der Waals surface area contributed by atoms with Crippen LogP contribution in [0.5, 0.6) is 11.5 Å². The summed E-state index contributed by atoms with van der Waals surface area (Å²) in [7, 11) is 0. The number of halogens is 2. The number of likely N-dealkylation sites (tertiary alicyclic amines) is 1. The monoisotopic (exact) mass is 461 g/mol. The van der Waals surface area contributed by atoms with Crippen molar-refractivity contribution in [3.8, 4) is 11.5 Å². The summed E-state index contributed by atoms with van der Waals surface area (Å²) in [5.74, 6) is 1.06. The fourth-order valence-electron chi connectivity index (χ4n) is 3.97. The van der Waals surface area contributed by atoms with Crippen molar-refractivity contribution in [1.29, 1.82) is 0 Å². The molecule has 2 aromatic rings. The highest BCUT2D eigenvalue weighted by atomic mass is 35.5. The third kappa shape index (κ3) is 5.50. The van der Waals surface area contributed by atoms with Crippen molar-refractivity contribution in [3.05, 3.63) is 58.1 Å². The van der Waals surface area contributed by atoms with Crippen molar-refractivity contribution in [2.24, 2.45) is 0 Å². The number of benzene rings is 2. The second-order valence-electron chi connectivity index (χ2n) is 7.91. The van der Waals surface area contributed by atoms with Gasteiger partial charge in [-0.1, -0.05) is 41.8 Å². The first kappa shape index (κ1) is 21.9. The zero-order valence-corrected chi connectivity index (χ0v) is 18.7. The largest absolute Gasteiger partial charge is 0.457 e. The number of carbonyl (C=O) groups is 2. The summed E-state index contributed by atoms with van der Waals surface area (Å²) in [6.45, 7) is 3.75. The minimum Gasteiger partial charge on any atom is -0.457 e. The van der Waals surface area contributed by atoms with E-state index in [2.05, 4.69) is 4.90 Å². The Morgan fingerprint density at radius 2 is 1.65 bits per heavy atom. The molecule has 4 rings (SSSR count). The number of urea groups is 1. The fraction of sp³-hybridized carbons (Fsp3) is 0.391. The second-order valence-corrected chi connectivity index (χ2v) is 8.73. The molecule has 3 amide bonds. The number of carbonyl (C=O) groups excluding carboxylic acids is 2. The first-order valence-corrected chi connectivity index (χ1v) is 11.3. The molecule has 0 aromatic heterocycles. The molecule has 2 heterocycles. The zero-order chi connectivity index (χ0) is 21.8. The van der Waals surface area contributed by atoms with E-state index in [-0.39, 0.29) is 18.5 Å². The maximum absolute atomic E-state index is 12.8. The molecule has 0 spiro atoms. The van der Waals surface area contributed by atoms with E-state index in [1.807, 2.05) is 24.3 Å². The van der Waals surface area contributed by atoms with Crippen LogP contribution in [0.2, 0.25) is 10.0 Å². The molecule has 0 bridgehead atoms. The van der Waals surface area contributed by atoms with Crippen molar-refractivity contribution in [3.63, 3.8) is 0 Å². The summed E-state index contributed by atoms with van der Waals surface area (Å²) in [4.78, 5) is 30.5. The quantitative estimate of drug-likeness (QED) is 0.542. The van der Waals surface area contributed by atoms with Crippen molar-refractivity contribution in [1.82, 2.24) is 14.7 Å². The Hall–Kier alpha value is -2.28. The SMILES string of the molecule is O=C1CN(Cc2cccc(Oc3ccc(Cl)c(Cl)c3)c2)C(=O)N1CCN1CCCCC1. The van der Waals surface area contributed by atoms with E-state index in [0.717, 1.165) is 25.2 Å². The average Bonchev–Trinajstić information content (AvgIpc) is 3.03. The summed E-state index contributed by atoms with van der Waals surface area (Å²) in [6, 6.07) is 12.3. The van der Waals surface area contributed by atoms with Gasteiger partial charge in [0.15, 0.2) is 0 Å². The van der Waals surface area contributed by atoms with Gasteiger partial charge in [-0.05, 0) is 55.8 Å². The molecule has 0 atom stereocenters. The number of hydrogen-bond donors (Lipinski definition) is 0. The van der Waals surface area contributed by atoms with Gasteiger partial charge in [0.25, 0.3) is 0 Å². The Labute approximate surface area is 192 Å². The van der Waals surface area contributed by atoms with Crippen LogP contribution in [0.15, 0.2) is 42.5 Å². The van der Waals surface area contributed by atoms with E-state index in [4.69, 9.17) is 27.9 Å². The molecule has 2 fully saturated rings. The van der Waals surface area contributed by atoms with Gasteiger partial charge in [-0.15, -0.1) is 0 Å². The number of ether oxygens (including phenoxy) is 1. The Bertz CT molecular complexity index is 963. The lowest BCUT2D eigenvalue weighted by Crippen LogP contribution is -2.41. The van der Waals surface area contributed by atoms with Gasteiger partial charge in [0.1, 0.15) is 18.0 Å². The summed E-state index contributed by atoms with van der Waals surface area (Å²) in [6.07, 6.45) is 3.64. The molecule has 8 heteroatoms. The third-order valence-corrected chi connectivity index (χ3v) is 6.35. The third-order valence-electron chi connectivity index (χ3n) is 5.62. The van der Waals surface area contributed by atoms with Gasteiger partial charge in [-0.2, -0.15) is 0 Å². The summed E-state index contributed by atoms with van der Waals surface area (Å²) in [5, 5.41) is 0.881. The molecule has 0 N–H and O–H groups in total. The number of imide groups is 1. The Balaban J connectivity index is 1.36. The second kappa shape index (κ2) is 9.90. The molecule has 6 nitrogen and oxygen atoms in total. The molecular formula is C23H25Cl2N3O3. The molecule has 0 aliphatic carbocycles. The van der Waals surface area contributed by atoms with Crippen LogP contribution in [0, 0.1) is 0 Å². The lowest BCUT2D eigenvalue weighted by atomic mass is 10.1. The lowest BCUT2D eigenvalue weighted by Gasteiger charge is -2.27. The summed E-state index contributed by atoms with van der Waals surface area (Å²) < 4.78 is 5.86. The van der Waals surface area contributed by atoms with Crippen LogP contribution in [-0.2, 0) is 11.3 Å². The van der Waals surface area contributed by atoms with E-state index in [1.165, 1.54) is 24.2 Å². The number of rotatable bonds is 7. The maximum Gasteiger partial charge on any atom is 0.327 e. The maximum atomic E-state index is 12.8. The molecule has 164 valence electrons. The molecule has 2 aliphatic heterocycles. The van der Waals surface area contributed by atoms with E-state index in [9.17, 15) is 9.59 Å². The van der Waals surface area contributed by atoms with Crippen LogP contribution in [0.3, 0.4) is 0 Å². The fourth-order valence-corrected chi connectivity index (χ4v) is 4.25. The number of piperidine rings is 1. The van der Waals surface area contributed by atoms with Crippen molar-refractivity contribution in [2.45, 2.75) is 25.8 Å². The van der Waals surface area contributed by atoms with Crippen LogP contribution in [0.4, 0.5) is 4.79 Å². The van der Waals surface area contributed by atoms with Crippen molar-refractivity contribution < 1.29 is 14.3 Å². The van der Waals surface area contributed by atoms with Crippen LogP contribution in [0.1, 0.15) is 24.8 Å². The molecule has 2 aliphatic rings. The van der Waals surface area contributed by atoms with Gasteiger partial charge < -0.3 is 14.5 Å². The normalized spacial score (nSPS) is 17.5. The first-order valence-electron chi connectivity index (χ1n) is 10.5. The Kier molecular flexibility index (Phi) is 7.00. The van der Waals surface area contributed by atoms with Crippen molar-refractivity contribution in [2.75, 3.05) is 32.7 Å². The van der Waals surface area contributed by atoms with Crippen LogP contribution >= 0.6 is 23.2 Å². The molecular weight excluding hydrogens is 437 g/mol. The van der Waals surface area contributed by atoms with E-state index in [0.29, 0.717) is 34.6 Å². The van der Waals surface area contributed by atoms with Gasteiger partial charge in [0.05, 0.1) is 10.0 Å². The molecule has 31 heavy (non-hydrogen) atoms. The highest BCUT2D eigenvalue weighted by Gasteiger charge is 2.35. The van der Waals surface area contributed by atoms with Crippen molar-refractivity contribution >= 4 is 35.1 Å². The van der Waals surface area contributed by atoms with Gasteiger partial charge in [0, 0.05) is 25.7 Å². The smallest absolute Gasteiger partial charge is 0.327 e. The highest BCUT2D eigenvalue weighted by molar-refractivity contribution is 6.42. The number of amides is 3. The number of hydrogen-bond acceptors (Lipinski definition) is 4. The van der Waals surface area contributed by atoms with Crippen LogP contribution in [-0.4, -0.2) is 59.4 Å². The minimum absolute atomic E-state index is 0.108. The van der Waals surface area contributed by atoms with Gasteiger partial charge in [-0.3, -0.25) is 9.69 Å². The Morgan fingerprint density at radius 3 is 2.42 bits per heavy atom. The highest BCUT2D eigenvalue weighted by Crippen LogP contribution is 2.30. The zero-order valence-electron chi connectivity index (χ0n) is 17.2. The molecule has 0 unspecified atom stereocenters. The first-order chi connectivity index (χ1) is 15.0. The van der Waals surface area contributed by atoms with Gasteiger partial charge >= 0.3 is 6.03 Å². The minimum atomic E-state index is -0.224. The van der Waals surface area contributed by atoms with E-state index >= 15 is 0 Å². The molecule has 2 aromatic carbocycles. The lowest BCUT2D eigenvalue weighted by molar-refractivity contribution is -0.125. The standard InChI is InChI=1S/C23H25Cl2N3O3/c24-20-8-7-19(14-21(20)25)31-18-6-4-5-17(13-18)15-27-16-22(29)28(23(27)30)12-11-26-9-2-1-3-10-26/h4-8,13-14H,1-3,9-12,15-16H2. The predicted octanol–water partition coefficient (Wildman–Crippen LogP) is 5.04. The Morgan fingerprint density at radius 1 is 0.871 bits per heavy atom. The molecule has 0 radical (unpaired) electrons.